The number of hydrogen-bond acceptors (Lipinski definition) is 5. The molecule has 4 rings (SSSR count). The minimum absolute atomic E-state index is 0.455. The van der Waals surface area contributed by atoms with Crippen molar-refractivity contribution in [3.05, 3.63) is 48.1 Å². The van der Waals surface area contributed by atoms with Crippen LogP contribution in [0.5, 0.6) is 0 Å². The first kappa shape index (κ1) is 14.1. The molecule has 0 aromatic carbocycles. The first-order valence-electron chi connectivity index (χ1n) is 7.74. The molecule has 3 aromatic heterocycles. The monoisotopic (exact) mass is 310 g/mol. The summed E-state index contributed by atoms with van der Waals surface area (Å²) in [5.74, 6) is 2.69. The Morgan fingerprint density at radius 3 is 2.91 bits per heavy atom. The number of hydrogen-bond donors (Lipinski definition) is 0. The normalized spacial score (nSPS) is 21.0. The highest BCUT2D eigenvalue weighted by Crippen LogP contribution is 2.36. The number of ether oxygens (including phenoxy) is 1. The van der Waals surface area contributed by atoms with Gasteiger partial charge < -0.3 is 9.15 Å². The van der Waals surface area contributed by atoms with Crippen LogP contribution in [0, 0.1) is 6.92 Å². The molecule has 0 amide bonds. The molecule has 3 aromatic rings. The summed E-state index contributed by atoms with van der Waals surface area (Å²) in [4.78, 5) is 9.15. The van der Waals surface area contributed by atoms with E-state index >= 15 is 0 Å². The van der Waals surface area contributed by atoms with E-state index in [4.69, 9.17) is 14.1 Å². The van der Waals surface area contributed by atoms with E-state index in [1.165, 1.54) is 0 Å². The van der Waals surface area contributed by atoms with Crippen LogP contribution in [0.1, 0.15) is 31.2 Å². The fraction of sp³-hybridized carbons (Fsp3) is 0.353. The van der Waals surface area contributed by atoms with Crippen LogP contribution in [-0.2, 0) is 10.3 Å². The van der Waals surface area contributed by atoms with Crippen molar-refractivity contribution in [3.8, 4) is 17.4 Å². The van der Waals surface area contributed by atoms with Crippen molar-refractivity contribution in [2.75, 3.05) is 6.61 Å². The van der Waals surface area contributed by atoms with E-state index in [9.17, 15) is 0 Å². The Morgan fingerprint density at radius 2 is 2.22 bits per heavy atom. The Hall–Kier alpha value is -2.47. The van der Waals surface area contributed by atoms with E-state index in [0.717, 1.165) is 36.7 Å². The summed E-state index contributed by atoms with van der Waals surface area (Å²) in [6.07, 6.45) is 5.32. The Morgan fingerprint density at radius 1 is 1.30 bits per heavy atom. The van der Waals surface area contributed by atoms with E-state index in [-0.39, 0.29) is 0 Å². The van der Waals surface area contributed by atoms with E-state index in [2.05, 4.69) is 17.0 Å². The van der Waals surface area contributed by atoms with Gasteiger partial charge in [-0.2, -0.15) is 4.68 Å². The maximum Gasteiger partial charge on any atom is 0.217 e. The number of furan rings is 1. The third-order valence-electron chi connectivity index (χ3n) is 4.16. The molecule has 0 spiro atoms. The van der Waals surface area contributed by atoms with E-state index in [0.29, 0.717) is 11.6 Å². The summed E-state index contributed by atoms with van der Waals surface area (Å²) in [6.45, 7) is 4.83. The number of aryl methyl sites for hydroxylation is 1. The van der Waals surface area contributed by atoms with Gasteiger partial charge in [-0.15, -0.1) is 5.10 Å². The summed E-state index contributed by atoms with van der Waals surface area (Å²) >= 11 is 0. The predicted molar refractivity (Wildman–Crippen MR) is 84.1 cm³/mol. The minimum Gasteiger partial charge on any atom is -0.461 e. The smallest absolute Gasteiger partial charge is 0.217 e. The lowest BCUT2D eigenvalue weighted by atomic mass is 10.0. The van der Waals surface area contributed by atoms with Gasteiger partial charge in [-0.1, -0.05) is 0 Å². The van der Waals surface area contributed by atoms with Crippen LogP contribution in [-0.4, -0.2) is 26.4 Å². The van der Waals surface area contributed by atoms with Gasteiger partial charge in [0.1, 0.15) is 5.60 Å². The maximum atomic E-state index is 5.97. The first-order chi connectivity index (χ1) is 11.2. The van der Waals surface area contributed by atoms with E-state index in [1.54, 1.807) is 17.1 Å². The van der Waals surface area contributed by atoms with Crippen molar-refractivity contribution in [2.45, 2.75) is 32.3 Å². The molecule has 0 N–H and O–H groups in total. The number of aromatic nitrogens is 4. The van der Waals surface area contributed by atoms with Gasteiger partial charge in [0.25, 0.3) is 0 Å². The molecule has 1 atom stereocenters. The zero-order chi connectivity index (χ0) is 15.9. The Balaban J connectivity index is 1.89. The lowest BCUT2D eigenvalue weighted by Gasteiger charge is -2.22. The molecule has 0 bridgehead atoms. The molecule has 0 saturated carbocycles. The number of nitrogens with zero attached hydrogens (tertiary/aromatic N) is 4. The van der Waals surface area contributed by atoms with Crippen molar-refractivity contribution in [1.82, 2.24) is 19.7 Å². The standard InChI is InChI=1S/C17H18N4O2/c1-12-6-8-18-14(11-12)21-16(17(2)7-4-10-23-17)19-15(20-21)13-5-3-9-22-13/h3,5-6,8-9,11H,4,7,10H2,1-2H3/t17-/m1/s1. The van der Waals surface area contributed by atoms with Gasteiger partial charge in [-0.25, -0.2) is 9.97 Å². The van der Waals surface area contributed by atoms with Crippen molar-refractivity contribution < 1.29 is 9.15 Å². The molecule has 0 aliphatic carbocycles. The zero-order valence-corrected chi connectivity index (χ0v) is 13.2. The van der Waals surface area contributed by atoms with Crippen LogP contribution >= 0.6 is 0 Å². The molecule has 0 radical (unpaired) electrons. The quantitative estimate of drug-likeness (QED) is 0.743. The summed E-state index contributed by atoms with van der Waals surface area (Å²) in [7, 11) is 0. The van der Waals surface area contributed by atoms with Gasteiger partial charge in [0, 0.05) is 12.8 Å². The third kappa shape index (κ3) is 2.45. The zero-order valence-electron chi connectivity index (χ0n) is 13.2. The summed E-state index contributed by atoms with van der Waals surface area (Å²) in [6, 6.07) is 7.63. The van der Waals surface area contributed by atoms with Crippen LogP contribution in [0.25, 0.3) is 17.4 Å². The molecule has 118 valence electrons. The molecule has 6 heteroatoms. The van der Waals surface area contributed by atoms with Crippen LogP contribution < -0.4 is 0 Å². The van der Waals surface area contributed by atoms with Gasteiger partial charge in [0.15, 0.2) is 17.4 Å². The van der Waals surface area contributed by atoms with E-state index < -0.39 is 5.60 Å². The lowest BCUT2D eigenvalue weighted by molar-refractivity contribution is 0.00758. The highest BCUT2D eigenvalue weighted by molar-refractivity contribution is 5.47. The third-order valence-corrected chi connectivity index (χ3v) is 4.16. The highest BCUT2D eigenvalue weighted by atomic mass is 16.5. The molecule has 1 aliphatic heterocycles. The number of pyridine rings is 1. The molecular formula is C17H18N4O2. The Bertz CT molecular complexity index is 817. The molecule has 4 heterocycles. The number of rotatable bonds is 3. The fourth-order valence-corrected chi connectivity index (χ4v) is 2.92. The minimum atomic E-state index is -0.455. The highest BCUT2D eigenvalue weighted by Gasteiger charge is 2.38. The Kier molecular flexibility index (Phi) is 3.27. The molecule has 0 unspecified atom stereocenters. The van der Waals surface area contributed by atoms with Gasteiger partial charge in [-0.05, 0) is 56.5 Å². The van der Waals surface area contributed by atoms with Crippen LogP contribution in [0.4, 0.5) is 0 Å². The fourth-order valence-electron chi connectivity index (χ4n) is 2.92. The van der Waals surface area contributed by atoms with Gasteiger partial charge in [0.05, 0.1) is 6.26 Å². The van der Waals surface area contributed by atoms with Crippen LogP contribution in [0.3, 0.4) is 0 Å². The maximum absolute atomic E-state index is 5.97. The molecule has 6 nitrogen and oxygen atoms in total. The van der Waals surface area contributed by atoms with Gasteiger partial charge in [-0.3, -0.25) is 0 Å². The molecule has 1 aliphatic rings. The van der Waals surface area contributed by atoms with Gasteiger partial charge >= 0.3 is 0 Å². The van der Waals surface area contributed by atoms with Crippen molar-refractivity contribution in [2.24, 2.45) is 0 Å². The van der Waals surface area contributed by atoms with Crippen LogP contribution in [0.2, 0.25) is 0 Å². The van der Waals surface area contributed by atoms with E-state index in [1.807, 2.05) is 31.2 Å². The second kappa shape index (κ2) is 5.31. The Labute approximate surface area is 134 Å². The summed E-state index contributed by atoms with van der Waals surface area (Å²) < 4.78 is 13.2. The second-order valence-corrected chi connectivity index (χ2v) is 6.02. The predicted octanol–water partition coefficient (Wildman–Crippen LogP) is 3.26. The first-order valence-corrected chi connectivity index (χ1v) is 7.74. The lowest BCUT2D eigenvalue weighted by Crippen LogP contribution is -2.25. The van der Waals surface area contributed by atoms with Crippen molar-refractivity contribution in [1.29, 1.82) is 0 Å². The van der Waals surface area contributed by atoms with Gasteiger partial charge in [0.2, 0.25) is 5.82 Å². The van der Waals surface area contributed by atoms with Crippen molar-refractivity contribution >= 4 is 0 Å². The summed E-state index contributed by atoms with van der Waals surface area (Å²) in [5.41, 5.74) is 0.664. The SMILES string of the molecule is Cc1ccnc(-n2nc(-c3ccco3)nc2[C@@]2(C)CCCO2)c1. The second-order valence-electron chi connectivity index (χ2n) is 6.02. The topological polar surface area (TPSA) is 66.0 Å². The largest absolute Gasteiger partial charge is 0.461 e. The molecule has 23 heavy (non-hydrogen) atoms. The average molecular weight is 310 g/mol. The average Bonchev–Trinajstić information content (AvgIpc) is 3.27. The van der Waals surface area contributed by atoms with Crippen molar-refractivity contribution in [3.63, 3.8) is 0 Å². The van der Waals surface area contributed by atoms with Crippen LogP contribution in [0.15, 0.2) is 41.1 Å². The molecule has 1 fully saturated rings. The molecule has 1 saturated heterocycles. The summed E-state index contributed by atoms with van der Waals surface area (Å²) in [5, 5.41) is 4.62. The molecular weight excluding hydrogens is 292 g/mol.